The summed E-state index contributed by atoms with van der Waals surface area (Å²) in [6, 6.07) is 10.7. The number of halogens is 2. The third-order valence-electron chi connectivity index (χ3n) is 8.09. The topological polar surface area (TPSA) is 83.9 Å². The monoisotopic (exact) mass is 519 g/mol. The van der Waals surface area contributed by atoms with Gasteiger partial charge in [-0.1, -0.05) is 30.3 Å². The molecule has 1 saturated carbocycles. The molecule has 0 radical (unpaired) electrons. The highest BCUT2D eigenvalue weighted by molar-refractivity contribution is 7.89. The number of hydrogen-bond acceptors (Lipinski definition) is 5. The molecule has 0 unspecified atom stereocenters. The van der Waals surface area contributed by atoms with Crippen LogP contribution in [0, 0.1) is 11.6 Å². The van der Waals surface area contributed by atoms with Crippen LogP contribution in [-0.2, 0) is 31.5 Å². The summed E-state index contributed by atoms with van der Waals surface area (Å²) >= 11 is 0. The fourth-order valence-corrected chi connectivity index (χ4v) is 8.61. The number of aliphatic hydroxyl groups is 1. The Morgan fingerprint density at radius 3 is 2.39 bits per heavy atom. The van der Waals surface area contributed by atoms with E-state index in [0.29, 0.717) is 24.8 Å². The lowest BCUT2D eigenvalue weighted by atomic mass is 9.53. The number of benzene rings is 2. The fourth-order valence-electron chi connectivity index (χ4n) is 6.42. The minimum atomic E-state index is -3.81. The second-order valence-corrected chi connectivity index (χ2v) is 12.9. The van der Waals surface area contributed by atoms with E-state index in [1.54, 1.807) is 38.1 Å². The average molecular weight is 520 g/mol. The third-order valence-corrected chi connectivity index (χ3v) is 10.5. The Kier molecular flexibility index (Phi) is 6.24. The van der Waals surface area contributed by atoms with Gasteiger partial charge in [0.1, 0.15) is 23.0 Å². The Morgan fingerprint density at radius 1 is 1.08 bits per heavy atom. The molecular weight excluding hydrogens is 488 g/mol. The van der Waals surface area contributed by atoms with Crippen LogP contribution in [0.2, 0.25) is 0 Å². The van der Waals surface area contributed by atoms with Gasteiger partial charge in [0.05, 0.1) is 5.60 Å². The summed E-state index contributed by atoms with van der Waals surface area (Å²) in [4.78, 5) is 11.8. The number of carbonyl (C=O) groups is 1. The van der Waals surface area contributed by atoms with Gasteiger partial charge in [-0.25, -0.2) is 17.2 Å². The molecule has 0 bridgehead atoms. The van der Waals surface area contributed by atoms with Crippen molar-refractivity contribution < 1.29 is 31.8 Å². The second kappa shape index (κ2) is 8.89. The molecule has 194 valence electrons. The maximum absolute atomic E-state index is 15.6. The Bertz CT molecular complexity index is 1270. The lowest BCUT2D eigenvalue weighted by Gasteiger charge is -2.54. The summed E-state index contributed by atoms with van der Waals surface area (Å²) in [5.74, 6) is -1.79. The number of ether oxygens (including phenoxy) is 1. The first-order valence-corrected chi connectivity index (χ1v) is 13.9. The molecule has 3 fully saturated rings. The molecule has 1 aliphatic carbocycles. The van der Waals surface area contributed by atoms with Gasteiger partial charge in [0, 0.05) is 35.5 Å². The summed E-state index contributed by atoms with van der Waals surface area (Å²) in [5.41, 5.74) is -1.39. The van der Waals surface area contributed by atoms with Crippen LogP contribution in [0.3, 0.4) is 0 Å². The van der Waals surface area contributed by atoms with Gasteiger partial charge in [-0.2, -0.15) is 4.31 Å². The van der Waals surface area contributed by atoms with Crippen LogP contribution in [0.4, 0.5) is 8.78 Å². The van der Waals surface area contributed by atoms with Gasteiger partial charge in [0.2, 0.25) is 10.0 Å². The number of nitrogens with zero attached hydrogens (tertiary/aromatic N) is 1. The van der Waals surface area contributed by atoms with E-state index in [1.807, 2.05) is 6.07 Å². The second-order valence-electron chi connectivity index (χ2n) is 10.9. The van der Waals surface area contributed by atoms with Crippen LogP contribution in [0.15, 0.2) is 42.5 Å². The number of carbonyl (C=O) groups excluding carboxylic acids is 1. The lowest BCUT2D eigenvalue weighted by molar-refractivity contribution is -0.157. The normalized spacial score (nSPS) is 34.2. The fraction of sp³-hybridized carbons (Fsp3) is 0.519. The number of sulfonamides is 1. The van der Waals surface area contributed by atoms with Gasteiger partial charge in [0.15, 0.2) is 0 Å². The maximum Gasteiger partial charge on any atom is 0.306 e. The van der Waals surface area contributed by atoms with Crippen LogP contribution in [0.25, 0.3) is 0 Å². The first-order chi connectivity index (χ1) is 16.9. The molecule has 3 aliphatic rings. The predicted octanol–water partition coefficient (Wildman–Crippen LogP) is 4.51. The Balaban J connectivity index is 1.46. The van der Waals surface area contributed by atoms with Crippen molar-refractivity contribution in [2.75, 3.05) is 0 Å². The number of rotatable bonds is 5. The molecule has 2 aliphatic heterocycles. The van der Waals surface area contributed by atoms with Crippen molar-refractivity contribution in [1.29, 1.82) is 0 Å². The number of cyclic esters (lactones) is 1. The van der Waals surface area contributed by atoms with Gasteiger partial charge in [0.25, 0.3) is 0 Å². The standard InChI is InChI=1S/C27H31F2NO5S/c1-17-8-9-23(18-6-4-3-5-7-18)36(33,34)30(17)14-19-12-22(29)20(13-21(19)28)27(15-26(2,32)16-27)24-10-11-25(31)35-24/h3-7,12-13,17,23-24,32H,8-11,14-16H2,1-2H3/t17-,23+,24-,26?,27?/m0/s1. The van der Waals surface area contributed by atoms with Crippen molar-refractivity contribution in [2.24, 2.45) is 0 Å². The minimum absolute atomic E-state index is 0.0509. The van der Waals surface area contributed by atoms with Crippen LogP contribution in [-0.4, -0.2) is 41.5 Å². The van der Waals surface area contributed by atoms with E-state index in [2.05, 4.69) is 0 Å². The van der Waals surface area contributed by atoms with E-state index < -0.39 is 44.0 Å². The van der Waals surface area contributed by atoms with Crippen molar-refractivity contribution in [3.8, 4) is 0 Å². The molecule has 2 aromatic rings. The molecule has 1 N–H and O–H groups in total. The highest BCUT2D eigenvalue weighted by atomic mass is 32.2. The van der Waals surface area contributed by atoms with Crippen molar-refractivity contribution in [1.82, 2.24) is 4.31 Å². The van der Waals surface area contributed by atoms with E-state index in [9.17, 15) is 18.3 Å². The van der Waals surface area contributed by atoms with E-state index in [-0.39, 0.29) is 48.9 Å². The summed E-state index contributed by atoms with van der Waals surface area (Å²) in [5, 5.41) is 9.71. The lowest BCUT2D eigenvalue weighted by Crippen LogP contribution is -2.59. The van der Waals surface area contributed by atoms with Gasteiger partial charge in [-0.3, -0.25) is 4.79 Å². The van der Waals surface area contributed by atoms with E-state index in [1.165, 1.54) is 4.31 Å². The average Bonchev–Trinajstić information content (AvgIpc) is 3.23. The summed E-state index contributed by atoms with van der Waals surface area (Å²) in [7, 11) is -3.81. The number of hydrogen-bond donors (Lipinski definition) is 1. The van der Waals surface area contributed by atoms with Crippen LogP contribution in [0.1, 0.15) is 74.3 Å². The molecule has 9 heteroatoms. The SMILES string of the molecule is C[C@H]1CC[C@H](c2ccccc2)S(=O)(=O)N1Cc1cc(F)c(C2([C@@H]3CCC(=O)O3)CC(C)(O)C2)cc1F. The predicted molar refractivity (Wildman–Crippen MR) is 129 cm³/mol. The van der Waals surface area contributed by atoms with Gasteiger partial charge in [-0.15, -0.1) is 0 Å². The molecule has 6 nitrogen and oxygen atoms in total. The van der Waals surface area contributed by atoms with Crippen molar-refractivity contribution in [3.63, 3.8) is 0 Å². The minimum Gasteiger partial charge on any atom is -0.461 e. The first kappa shape index (κ1) is 25.3. The van der Waals surface area contributed by atoms with Crippen molar-refractivity contribution in [3.05, 3.63) is 70.8 Å². The number of esters is 1. The van der Waals surface area contributed by atoms with Crippen LogP contribution in [0.5, 0.6) is 0 Å². The third kappa shape index (κ3) is 4.25. The van der Waals surface area contributed by atoms with Crippen molar-refractivity contribution >= 4 is 16.0 Å². The highest BCUT2D eigenvalue weighted by Crippen LogP contribution is 2.56. The zero-order chi connectivity index (χ0) is 25.9. The van der Waals surface area contributed by atoms with Gasteiger partial charge < -0.3 is 9.84 Å². The molecule has 0 aromatic heterocycles. The zero-order valence-corrected chi connectivity index (χ0v) is 21.2. The molecule has 3 atom stereocenters. The highest BCUT2D eigenvalue weighted by Gasteiger charge is 2.60. The molecule has 0 amide bonds. The molecule has 2 heterocycles. The van der Waals surface area contributed by atoms with Gasteiger partial charge >= 0.3 is 5.97 Å². The van der Waals surface area contributed by atoms with Crippen LogP contribution >= 0.6 is 0 Å². The summed E-state index contributed by atoms with van der Waals surface area (Å²) < 4.78 is 64.8. The summed E-state index contributed by atoms with van der Waals surface area (Å²) in [6.07, 6.45) is 1.29. The quantitative estimate of drug-likeness (QED) is 0.588. The Hall–Kier alpha value is -2.36. The van der Waals surface area contributed by atoms with Gasteiger partial charge in [-0.05, 0) is 63.6 Å². The van der Waals surface area contributed by atoms with E-state index in [0.717, 1.165) is 12.1 Å². The van der Waals surface area contributed by atoms with E-state index >= 15 is 8.78 Å². The van der Waals surface area contributed by atoms with Crippen LogP contribution < -0.4 is 0 Å². The molecule has 5 rings (SSSR count). The largest absolute Gasteiger partial charge is 0.461 e. The molecule has 36 heavy (non-hydrogen) atoms. The zero-order valence-electron chi connectivity index (χ0n) is 20.4. The van der Waals surface area contributed by atoms with E-state index in [4.69, 9.17) is 4.74 Å². The summed E-state index contributed by atoms with van der Waals surface area (Å²) in [6.45, 7) is 3.12. The molecular formula is C27H31F2NO5S. The molecule has 2 aromatic carbocycles. The first-order valence-electron chi connectivity index (χ1n) is 12.4. The Labute approximate surface area is 210 Å². The Morgan fingerprint density at radius 2 is 1.78 bits per heavy atom. The smallest absolute Gasteiger partial charge is 0.306 e. The molecule has 0 spiro atoms. The van der Waals surface area contributed by atoms with Crippen molar-refractivity contribution in [2.45, 2.75) is 87.3 Å². The molecule has 2 saturated heterocycles. The maximum atomic E-state index is 15.6.